The number of anilines is 1. The SMILES string of the molecule is CN(C1CCCCCC1)S(=O)(=O)c1ccc2c(c1)CCC(=O)N2. The third kappa shape index (κ3) is 3.43. The van der Waals surface area contributed by atoms with Crippen LogP contribution in [0.1, 0.15) is 50.5 Å². The fourth-order valence-corrected chi connectivity index (χ4v) is 4.97. The zero-order chi connectivity index (χ0) is 16.4. The Morgan fingerprint density at radius 2 is 1.78 bits per heavy atom. The zero-order valence-corrected chi connectivity index (χ0v) is 14.4. The van der Waals surface area contributed by atoms with E-state index in [1.807, 2.05) is 0 Å². The molecule has 0 unspecified atom stereocenters. The van der Waals surface area contributed by atoms with E-state index in [1.165, 1.54) is 12.8 Å². The van der Waals surface area contributed by atoms with Crippen LogP contribution in [0.25, 0.3) is 0 Å². The van der Waals surface area contributed by atoms with Crippen LogP contribution in [0.2, 0.25) is 0 Å². The average molecular weight is 336 g/mol. The van der Waals surface area contributed by atoms with E-state index >= 15 is 0 Å². The maximum Gasteiger partial charge on any atom is 0.243 e. The maximum atomic E-state index is 12.9. The smallest absolute Gasteiger partial charge is 0.243 e. The molecule has 1 N–H and O–H groups in total. The van der Waals surface area contributed by atoms with Crippen molar-refractivity contribution in [3.05, 3.63) is 23.8 Å². The van der Waals surface area contributed by atoms with E-state index < -0.39 is 10.0 Å². The first-order valence-electron chi connectivity index (χ1n) is 8.39. The summed E-state index contributed by atoms with van der Waals surface area (Å²) in [5, 5.41) is 2.79. The highest BCUT2D eigenvalue weighted by atomic mass is 32.2. The molecule has 1 amide bonds. The first-order chi connectivity index (χ1) is 11.0. The van der Waals surface area contributed by atoms with E-state index in [0.717, 1.165) is 36.9 Å². The van der Waals surface area contributed by atoms with Gasteiger partial charge in [0.1, 0.15) is 0 Å². The normalized spacial score (nSPS) is 20.0. The largest absolute Gasteiger partial charge is 0.326 e. The van der Waals surface area contributed by atoms with Crippen LogP contribution in [0.3, 0.4) is 0 Å². The Bertz CT molecular complexity index is 692. The van der Waals surface area contributed by atoms with Crippen LogP contribution < -0.4 is 5.32 Å². The number of fused-ring (bicyclic) bond motifs is 1. The molecule has 1 aliphatic heterocycles. The van der Waals surface area contributed by atoms with Gasteiger partial charge in [-0.05, 0) is 43.0 Å². The molecule has 0 radical (unpaired) electrons. The summed E-state index contributed by atoms with van der Waals surface area (Å²) in [7, 11) is -1.78. The Morgan fingerprint density at radius 1 is 1.09 bits per heavy atom. The summed E-state index contributed by atoms with van der Waals surface area (Å²) < 4.78 is 27.4. The summed E-state index contributed by atoms with van der Waals surface area (Å²) in [4.78, 5) is 11.7. The second-order valence-electron chi connectivity index (χ2n) is 6.53. The summed E-state index contributed by atoms with van der Waals surface area (Å²) in [6, 6.07) is 5.13. The topological polar surface area (TPSA) is 66.5 Å². The van der Waals surface area contributed by atoms with Gasteiger partial charge in [-0.3, -0.25) is 4.79 Å². The summed E-state index contributed by atoms with van der Waals surface area (Å²) in [5.41, 5.74) is 1.64. The Morgan fingerprint density at radius 3 is 2.48 bits per heavy atom. The lowest BCUT2D eigenvalue weighted by Crippen LogP contribution is -2.36. The first kappa shape index (κ1) is 16.5. The molecule has 1 aliphatic carbocycles. The first-order valence-corrected chi connectivity index (χ1v) is 9.83. The molecule has 1 aromatic carbocycles. The minimum absolute atomic E-state index is 0.0105. The fourth-order valence-electron chi connectivity index (χ4n) is 3.50. The Labute approximate surface area is 138 Å². The van der Waals surface area contributed by atoms with Gasteiger partial charge in [0.2, 0.25) is 15.9 Å². The van der Waals surface area contributed by atoms with Crippen molar-refractivity contribution in [3.8, 4) is 0 Å². The molecule has 0 atom stereocenters. The molecule has 23 heavy (non-hydrogen) atoms. The van der Waals surface area contributed by atoms with E-state index in [0.29, 0.717) is 17.7 Å². The zero-order valence-electron chi connectivity index (χ0n) is 13.5. The average Bonchev–Trinajstić information content (AvgIpc) is 2.82. The van der Waals surface area contributed by atoms with E-state index in [-0.39, 0.29) is 11.9 Å². The highest BCUT2D eigenvalue weighted by Crippen LogP contribution is 2.29. The number of amides is 1. The molecule has 0 aromatic heterocycles. The Balaban J connectivity index is 1.85. The van der Waals surface area contributed by atoms with Crippen LogP contribution in [-0.4, -0.2) is 31.7 Å². The van der Waals surface area contributed by atoms with E-state index in [1.54, 1.807) is 29.6 Å². The van der Waals surface area contributed by atoms with Crippen molar-refractivity contribution in [2.24, 2.45) is 0 Å². The molecule has 1 aromatic rings. The molecule has 0 saturated heterocycles. The molecule has 1 heterocycles. The summed E-state index contributed by atoms with van der Waals surface area (Å²) >= 11 is 0. The van der Waals surface area contributed by atoms with E-state index in [4.69, 9.17) is 0 Å². The maximum absolute atomic E-state index is 12.9. The van der Waals surface area contributed by atoms with Gasteiger partial charge in [-0.1, -0.05) is 25.7 Å². The second kappa shape index (κ2) is 6.61. The molecule has 1 saturated carbocycles. The van der Waals surface area contributed by atoms with Crippen LogP contribution in [0.4, 0.5) is 5.69 Å². The van der Waals surface area contributed by atoms with Gasteiger partial charge in [-0.15, -0.1) is 0 Å². The van der Waals surface area contributed by atoms with Gasteiger partial charge in [0, 0.05) is 25.2 Å². The molecule has 1 fully saturated rings. The molecule has 126 valence electrons. The van der Waals surface area contributed by atoms with Gasteiger partial charge in [0.25, 0.3) is 0 Å². The van der Waals surface area contributed by atoms with Crippen molar-refractivity contribution < 1.29 is 13.2 Å². The van der Waals surface area contributed by atoms with Crippen molar-refractivity contribution in [3.63, 3.8) is 0 Å². The predicted octanol–water partition coefficient (Wildman–Crippen LogP) is 2.91. The number of sulfonamides is 1. The molecule has 5 nitrogen and oxygen atoms in total. The lowest BCUT2D eigenvalue weighted by atomic mass is 10.0. The number of hydrogen-bond donors (Lipinski definition) is 1. The molecule has 2 aliphatic rings. The van der Waals surface area contributed by atoms with Crippen LogP contribution in [-0.2, 0) is 21.2 Å². The van der Waals surface area contributed by atoms with E-state index in [2.05, 4.69) is 5.32 Å². The molecule has 6 heteroatoms. The fraction of sp³-hybridized carbons (Fsp3) is 0.588. The molecule has 0 spiro atoms. The number of rotatable bonds is 3. The van der Waals surface area contributed by atoms with Crippen molar-refractivity contribution in [1.82, 2.24) is 4.31 Å². The second-order valence-corrected chi connectivity index (χ2v) is 8.53. The Kier molecular flexibility index (Phi) is 4.73. The van der Waals surface area contributed by atoms with Crippen LogP contribution >= 0.6 is 0 Å². The minimum Gasteiger partial charge on any atom is -0.326 e. The number of carbonyl (C=O) groups is 1. The van der Waals surface area contributed by atoms with Crippen LogP contribution in [0, 0.1) is 0 Å². The van der Waals surface area contributed by atoms with Crippen LogP contribution in [0.5, 0.6) is 0 Å². The standard InChI is InChI=1S/C17H24N2O3S/c1-19(14-6-4-2-3-5-7-14)23(21,22)15-9-10-16-13(12-15)8-11-17(20)18-16/h9-10,12,14H,2-8,11H2,1H3,(H,18,20). The highest BCUT2D eigenvalue weighted by Gasteiger charge is 2.29. The van der Waals surface area contributed by atoms with Crippen molar-refractivity contribution in [2.75, 3.05) is 12.4 Å². The monoisotopic (exact) mass is 336 g/mol. The van der Waals surface area contributed by atoms with Crippen molar-refractivity contribution in [1.29, 1.82) is 0 Å². The lowest BCUT2D eigenvalue weighted by Gasteiger charge is -2.27. The summed E-state index contributed by atoms with van der Waals surface area (Å²) in [6.07, 6.45) is 7.48. The van der Waals surface area contributed by atoms with E-state index in [9.17, 15) is 13.2 Å². The predicted molar refractivity (Wildman–Crippen MR) is 89.8 cm³/mol. The van der Waals surface area contributed by atoms with Crippen molar-refractivity contribution >= 4 is 21.6 Å². The summed E-state index contributed by atoms with van der Waals surface area (Å²) in [6.45, 7) is 0. The molecule has 0 bridgehead atoms. The highest BCUT2D eigenvalue weighted by molar-refractivity contribution is 7.89. The third-order valence-corrected chi connectivity index (χ3v) is 6.89. The molecular formula is C17H24N2O3S. The van der Waals surface area contributed by atoms with Gasteiger partial charge < -0.3 is 5.32 Å². The van der Waals surface area contributed by atoms with Crippen LogP contribution in [0.15, 0.2) is 23.1 Å². The third-order valence-electron chi connectivity index (χ3n) is 4.99. The summed E-state index contributed by atoms with van der Waals surface area (Å²) in [5.74, 6) is -0.0105. The van der Waals surface area contributed by atoms with Crippen molar-refractivity contribution in [2.45, 2.75) is 62.3 Å². The quantitative estimate of drug-likeness (QED) is 0.863. The van der Waals surface area contributed by atoms with Gasteiger partial charge in [0.05, 0.1) is 4.90 Å². The van der Waals surface area contributed by atoms with Gasteiger partial charge >= 0.3 is 0 Å². The Hall–Kier alpha value is -1.40. The number of nitrogens with zero attached hydrogens (tertiary/aromatic N) is 1. The number of aryl methyl sites for hydroxylation is 1. The van der Waals surface area contributed by atoms with Gasteiger partial charge in [-0.2, -0.15) is 4.31 Å². The number of nitrogens with one attached hydrogen (secondary N) is 1. The number of benzene rings is 1. The number of carbonyl (C=O) groups excluding carboxylic acids is 1. The van der Waals surface area contributed by atoms with Gasteiger partial charge in [-0.25, -0.2) is 8.42 Å². The number of hydrogen-bond acceptors (Lipinski definition) is 3. The minimum atomic E-state index is -3.48. The lowest BCUT2D eigenvalue weighted by molar-refractivity contribution is -0.116. The molecular weight excluding hydrogens is 312 g/mol. The molecule has 3 rings (SSSR count). The van der Waals surface area contributed by atoms with Gasteiger partial charge in [0.15, 0.2) is 0 Å².